The molecule has 0 bridgehead atoms. The van der Waals surface area contributed by atoms with Gasteiger partial charge in [0.1, 0.15) is 16.2 Å². The number of ether oxygens (including phenoxy) is 2. The smallest absolute Gasteiger partial charge is 0.404 e. The topological polar surface area (TPSA) is 64.6 Å². The number of alkyl halides is 3. The molecule has 2 aromatic rings. The summed E-state index contributed by atoms with van der Waals surface area (Å²) in [6.07, 6.45) is -5.02. The molecule has 1 atom stereocenters. The van der Waals surface area contributed by atoms with Gasteiger partial charge in [-0.3, -0.25) is 0 Å². The summed E-state index contributed by atoms with van der Waals surface area (Å²) in [5.74, 6) is -0.820. The van der Waals surface area contributed by atoms with Crippen LogP contribution in [0.3, 0.4) is 0 Å². The predicted octanol–water partition coefficient (Wildman–Crippen LogP) is 4.08. The summed E-state index contributed by atoms with van der Waals surface area (Å²) in [4.78, 5) is -0.633. The lowest BCUT2D eigenvalue weighted by molar-refractivity contribution is -0.275. The first-order valence-corrected chi connectivity index (χ1v) is 9.49. The molecule has 0 aliphatic heterocycles. The van der Waals surface area contributed by atoms with Gasteiger partial charge < -0.3 is 9.47 Å². The summed E-state index contributed by atoms with van der Waals surface area (Å²) < 4.78 is 74.2. The Bertz CT molecular complexity index is 905. The maximum atomic E-state index is 12.6. The second kappa shape index (κ2) is 8.05. The van der Waals surface area contributed by atoms with E-state index in [1.165, 1.54) is 19.2 Å². The van der Waals surface area contributed by atoms with E-state index in [9.17, 15) is 21.6 Å². The molecule has 0 spiro atoms. The van der Waals surface area contributed by atoms with Gasteiger partial charge in [0.05, 0.1) is 0 Å². The van der Waals surface area contributed by atoms with Crippen LogP contribution in [0.1, 0.15) is 12.5 Å². The van der Waals surface area contributed by atoms with Crippen LogP contribution in [0.2, 0.25) is 5.02 Å². The Hall–Kier alpha value is -1.81. The number of nitrogens with one attached hydrogen (secondary N) is 1. The molecule has 0 amide bonds. The van der Waals surface area contributed by atoms with Crippen molar-refractivity contribution in [1.29, 1.82) is 0 Å². The Balaban J connectivity index is 2.29. The van der Waals surface area contributed by atoms with Crippen LogP contribution in [0.5, 0.6) is 5.75 Å². The first-order chi connectivity index (χ1) is 12.5. The maximum absolute atomic E-state index is 12.6. The van der Waals surface area contributed by atoms with Crippen molar-refractivity contribution < 1.29 is 31.1 Å². The quantitative estimate of drug-likeness (QED) is 0.728. The van der Waals surface area contributed by atoms with E-state index in [1.54, 1.807) is 31.2 Å². The fraction of sp³-hybridized carbons (Fsp3) is 0.294. The molecule has 1 unspecified atom stereocenters. The summed E-state index contributed by atoms with van der Waals surface area (Å²) in [6.45, 7) is 1.38. The molecule has 0 heterocycles. The fourth-order valence-electron chi connectivity index (χ4n) is 2.30. The molecule has 1 N–H and O–H groups in total. The average molecular weight is 424 g/mol. The molecule has 0 saturated carbocycles. The largest absolute Gasteiger partial charge is 0.573 e. The molecule has 2 rings (SSSR count). The number of halogens is 4. The van der Waals surface area contributed by atoms with Crippen molar-refractivity contribution in [3.05, 3.63) is 59.1 Å². The van der Waals surface area contributed by atoms with Gasteiger partial charge in [-0.05, 0) is 36.8 Å². The highest BCUT2D eigenvalue weighted by Gasteiger charge is 2.35. The van der Waals surface area contributed by atoms with Crippen LogP contribution < -0.4 is 9.46 Å². The third-order valence-corrected chi connectivity index (χ3v) is 5.53. The van der Waals surface area contributed by atoms with Crippen molar-refractivity contribution in [2.75, 3.05) is 13.7 Å². The molecule has 0 radical (unpaired) electrons. The number of para-hydroxylation sites is 1. The van der Waals surface area contributed by atoms with Gasteiger partial charge in [0, 0.05) is 18.7 Å². The number of methoxy groups -OCH3 is 1. The van der Waals surface area contributed by atoms with E-state index in [0.717, 1.165) is 12.1 Å². The molecule has 10 heteroatoms. The zero-order valence-electron chi connectivity index (χ0n) is 14.4. The third kappa shape index (κ3) is 5.58. The molecule has 0 fully saturated rings. The van der Waals surface area contributed by atoms with Crippen molar-refractivity contribution in [1.82, 2.24) is 4.72 Å². The molecule has 2 aromatic carbocycles. The van der Waals surface area contributed by atoms with Crippen molar-refractivity contribution >= 4 is 21.6 Å². The molecule has 0 saturated heterocycles. The highest BCUT2D eigenvalue weighted by molar-refractivity contribution is 7.89. The Kier molecular flexibility index (Phi) is 6.41. The minimum atomic E-state index is -5.02. The minimum absolute atomic E-state index is 0.244. The highest BCUT2D eigenvalue weighted by Crippen LogP contribution is 2.31. The lowest BCUT2D eigenvalue weighted by Crippen LogP contribution is -2.40. The first kappa shape index (κ1) is 21.5. The standard InChI is InChI=1S/C17H17ClF3NO4S/c1-16(25-2,12-6-5-7-13(18)10-12)11-22-27(23,24)15-9-4-3-8-14(15)26-17(19,20)21/h3-10,22H,11H2,1-2H3. The van der Waals surface area contributed by atoms with Crippen LogP contribution >= 0.6 is 11.6 Å². The van der Waals surface area contributed by atoms with Crippen molar-refractivity contribution in [3.8, 4) is 5.75 Å². The maximum Gasteiger partial charge on any atom is 0.573 e. The lowest BCUT2D eigenvalue weighted by Gasteiger charge is -2.29. The first-order valence-electron chi connectivity index (χ1n) is 7.62. The van der Waals surface area contributed by atoms with Crippen LogP contribution in [-0.2, 0) is 20.4 Å². The summed E-state index contributed by atoms with van der Waals surface area (Å²) in [5, 5.41) is 0.433. The number of sulfonamides is 1. The van der Waals surface area contributed by atoms with Gasteiger partial charge in [0.15, 0.2) is 0 Å². The van der Waals surface area contributed by atoms with Gasteiger partial charge in [0.2, 0.25) is 10.0 Å². The number of hydrogen-bond acceptors (Lipinski definition) is 4. The normalized spacial score (nSPS) is 14.6. The molecule has 0 aliphatic rings. The third-order valence-electron chi connectivity index (χ3n) is 3.85. The van der Waals surface area contributed by atoms with Gasteiger partial charge >= 0.3 is 6.36 Å². The van der Waals surface area contributed by atoms with Crippen LogP contribution in [0.15, 0.2) is 53.4 Å². The summed E-state index contributed by atoms with van der Waals surface area (Å²) in [6, 6.07) is 11.1. The van der Waals surface area contributed by atoms with E-state index in [2.05, 4.69) is 9.46 Å². The van der Waals surface area contributed by atoms with Gasteiger partial charge in [0.25, 0.3) is 0 Å². The van der Waals surface area contributed by atoms with Gasteiger partial charge in [-0.15, -0.1) is 13.2 Å². The van der Waals surface area contributed by atoms with E-state index in [0.29, 0.717) is 10.6 Å². The molecule has 148 valence electrons. The van der Waals surface area contributed by atoms with Crippen LogP contribution in [0.4, 0.5) is 13.2 Å². The van der Waals surface area contributed by atoms with E-state index in [1.807, 2.05) is 0 Å². The van der Waals surface area contributed by atoms with E-state index in [-0.39, 0.29) is 6.54 Å². The van der Waals surface area contributed by atoms with Gasteiger partial charge in [-0.25, -0.2) is 13.1 Å². The van der Waals surface area contributed by atoms with Crippen molar-refractivity contribution in [2.45, 2.75) is 23.8 Å². The molecular formula is C17H17ClF3NO4S. The number of hydrogen-bond donors (Lipinski definition) is 1. The van der Waals surface area contributed by atoms with Crippen molar-refractivity contribution in [2.24, 2.45) is 0 Å². The van der Waals surface area contributed by atoms with Crippen LogP contribution in [-0.4, -0.2) is 28.4 Å². The second-order valence-electron chi connectivity index (χ2n) is 5.76. The zero-order chi connectivity index (χ0) is 20.3. The lowest BCUT2D eigenvalue weighted by atomic mass is 9.96. The number of benzene rings is 2. The molecule has 0 aromatic heterocycles. The molecule has 0 aliphatic carbocycles. The predicted molar refractivity (Wildman–Crippen MR) is 94.1 cm³/mol. The summed E-state index contributed by atoms with van der Waals surface area (Å²) in [7, 11) is -2.93. The number of rotatable bonds is 7. The van der Waals surface area contributed by atoms with Crippen LogP contribution in [0.25, 0.3) is 0 Å². The zero-order valence-corrected chi connectivity index (χ0v) is 16.0. The second-order valence-corrected chi connectivity index (χ2v) is 7.94. The van der Waals surface area contributed by atoms with E-state index in [4.69, 9.17) is 16.3 Å². The fourth-order valence-corrected chi connectivity index (χ4v) is 3.74. The summed E-state index contributed by atoms with van der Waals surface area (Å²) in [5.41, 5.74) is -0.502. The monoisotopic (exact) mass is 423 g/mol. The Morgan fingerprint density at radius 3 is 2.37 bits per heavy atom. The summed E-state index contributed by atoms with van der Waals surface area (Å²) >= 11 is 5.96. The SMILES string of the molecule is COC(C)(CNS(=O)(=O)c1ccccc1OC(F)(F)F)c1cccc(Cl)c1. The highest BCUT2D eigenvalue weighted by atomic mass is 35.5. The Morgan fingerprint density at radius 1 is 1.11 bits per heavy atom. The minimum Gasteiger partial charge on any atom is -0.404 e. The van der Waals surface area contributed by atoms with E-state index >= 15 is 0 Å². The van der Waals surface area contributed by atoms with Gasteiger partial charge in [-0.2, -0.15) is 0 Å². The van der Waals surface area contributed by atoms with Crippen molar-refractivity contribution in [3.63, 3.8) is 0 Å². The molecular weight excluding hydrogens is 407 g/mol. The van der Waals surface area contributed by atoms with E-state index < -0.39 is 32.6 Å². The molecule has 27 heavy (non-hydrogen) atoms. The Morgan fingerprint density at radius 2 is 1.78 bits per heavy atom. The average Bonchev–Trinajstić information content (AvgIpc) is 2.59. The van der Waals surface area contributed by atoms with Crippen LogP contribution in [0, 0.1) is 0 Å². The Labute approximate surface area is 160 Å². The molecule has 5 nitrogen and oxygen atoms in total. The van der Waals surface area contributed by atoms with Gasteiger partial charge in [-0.1, -0.05) is 35.9 Å².